The predicted octanol–water partition coefficient (Wildman–Crippen LogP) is 5.49. The molecular weight excluding hydrogens is 579 g/mol. The van der Waals surface area contributed by atoms with Gasteiger partial charge in [0.1, 0.15) is 15.8 Å². The summed E-state index contributed by atoms with van der Waals surface area (Å²) in [6, 6.07) is 10.7. The molecule has 3 aromatic heterocycles. The van der Waals surface area contributed by atoms with Crippen LogP contribution >= 0.6 is 22.7 Å². The van der Waals surface area contributed by atoms with Gasteiger partial charge in [-0.2, -0.15) is 0 Å². The molecule has 2 amide bonds. The standard InChI is InChI=1S/C26H24F3N7O3S2/c27-26(28,29)39-19-9-3-5-15(11-19)12-20(37)31-24-35-33-22(40-24)16-6-4-7-17(13-16)23-34-36-25(41-23)32-21(38)14-18-8-1-2-10-30-18/h1-3,5,8-11,16-17H,4,6-7,12-14H2,(H,31,35,37)(H,32,36,38). The minimum absolute atomic E-state index is 0.124. The minimum atomic E-state index is -4.81. The maximum atomic E-state index is 12.5. The Kier molecular flexibility index (Phi) is 8.83. The Morgan fingerprint density at radius 2 is 1.54 bits per heavy atom. The van der Waals surface area contributed by atoms with Gasteiger partial charge in [0.15, 0.2) is 0 Å². The molecule has 0 bridgehead atoms. The molecule has 10 nitrogen and oxygen atoms in total. The van der Waals surface area contributed by atoms with E-state index in [-0.39, 0.29) is 36.3 Å². The summed E-state index contributed by atoms with van der Waals surface area (Å²) in [6.45, 7) is 0. The number of carbonyl (C=O) groups excluding carboxylic acids is 2. The first kappa shape index (κ1) is 28.5. The van der Waals surface area contributed by atoms with E-state index in [1.54, 1.807) is 24.4 Å². The summed E-state index contributed by atoms with van der Waals surface area (Å²) in [4.78, 5) is 29.0. The molecule has 1 saturated carbocycles. The third-order valence-corrected chi connectivity index (χ3v) is 8.31. The molecule has 1 aliphatic rings. The minimum Gasteiger partial charge on any atom is -0.406 e. The monoisotopic (exact) mass is 603 g/mol. The number of hydrogen-bond donors (Lipinski definition) is 2. The van der Waals surface area contributed by atoms with Crippen molar-refractivity contribution in [3.05, 3.63) is 69.9 Å². The van der Waals surface area contributed by atoms with Crippen molar-refractivity contribution in [1.29, 1.82) is 0 Å². The largest absolute Gasteiger partial charge is 0.573 e. The Bertz CT molecular complexity index is 1500. The van der Waals surface area contributed by atoms with Crippen LogP contribution in [0.2, 0.25) is 0 Å². The zero-order chi connectivity index (χ0) is 28.8. The van der Waals surface area contributed by atoms with Gasteiger partial charge in [-0.25, -0.2) is 0 Å². The Hall–Kier alpha value is -3.98. The lowest BCUT2D eigenvalue weighted by Crippen LogP contribution is -2.17. The molecule has 2 N–H and O–H groups in total. The van der Waals surface area contributed by atoms with E-state index in [4.69, 9.17) is 0 Å². The molecule has 0 saturated heterocycles. The first-order chi connectivity index (χ1) is 19.7. The first-order valence-electron chi connectivity index (χ1n) is 12.7. The van der Waals surface area contributed by atoms with Gasteiger partial charge < -0.3 is 15.4 Å². The SMILES string of the molecule is O=C(Cc1cccc(OC(F)(F)F)c1)Nc1nnc(C2CCCC(c3nnc(NC(=O)Cc4ccccn4)s3)C2)s1. The number of ether oxygens (including phenoxy) is 1. The summed E-state index contributed by atoms with van der Waals surface area (Å²) in [5, 5.41) is 24.7. The number of amides is 2. The third-order valence-electron chi connectivity index (χ3n) is 6.31. The van der Waals surface area contributed by atoms with Crippen LogP contribution in [0.3, 0.4) is 0 Å². The van der Waals surface area contributed by atoms with Crippen molar-refractivity contribution < 1.29 is 27.5 Å². The maximum absolute atomic E-state index is 12.5. The average molecular weight is 604 g/mol. The summed E-state index contributed by atoms with van der Waals surface area (Å²) < 4.78 is 41.3. The van der Waals surface area contributed by atoms with Crippen molar-refractivity contribution in [3.8, 4) is 5.75 Å². The Labute approximate surface area is 240 Å². The van der Waals surface area contributed by atoms with Crippen molar-refractivity contribution >= 4 is 44.8 Å². The molecular formula is C26H24F3N7O3S2. The van der Waals surface area contributed by atoms with E-state index in [0.29, 0.717) is 21.5 Å². The number of alkyl halides is 3. The zero-order valence-electron chi connectivity index (χ0n) is 21.4. The smallest absolute Gasteiger partial charge is 0.406 e. The van der Waals surface area contributed by atoms with E-state index < -0.39 is 12.3 Å². The topological polar surface area (TPSA) is 132 Å². The molecule has 15 heteroatoms. The highest BCUT2D eigenvalue weighted by Gasteiger charge is 2.31. The van der Waals surface area contributed by atoms with Gasteiger partial charge in [0.2, 0.25) is 22.1 Å². The number of halogens is 3. The molecule has 4 aromatic rings. The maximum Gasteiger partial charge on any atom is 0.573 e. The van der Waals surface area contributed by atoms with Crippen molar-refractivity contribution in [3.63, 3.8) is 0 Å². The number of rotatable bonds is 9. The lowest BCUT2D eigenvalue weighted by atomic mass is 9.82. The zero-order valence-corrected chi connectivity index (χ0v) is 23.1. The van der Waals surface area contributed by atoms with Crippen LogP contribution in [0.4, 0.5) is 23.4 Å². The number of benzene rings is 1. The normalized spacial score (nSPS) is 17.1. The fourth-order valence-electron chi connectivity index (χ4n) is 4.57. The molecule has 0 aliphatic heterocycles. The highest BCUT2D eigenvalue weighted by Crippen LogP contribution is 2.43. The lowest BCUT2D eigenvalue weighted by Gasteiger charge is -2.25. The predicted molar refractivity (Wildman–Crippen MR) is 146 cm³/mol. The van der Waals surface area contributed by atoms with Crippen molar-refractivity contribution in [1.82, 2.24) is 25.4 Å². The van der Waals surface area contributed by atoms with Crippen LogP contribution in [0.5, 0.6) is 5.75 Å². The summed E-state index contributed by atoms with van der Waals surface area (Å²) in [5.41, 5.74) is 1.04. The molecule has 0 radical (unpaired) electrons. The number of aromatic nitrogens is 5. The number of pyridine rings is 1. The molecule has 2 atom stereocenters. The van der Waals surface area contributed by atoms with Crippen LogP contribution in [0.1, 0.15) is 58.8 Å². The average Bonchev–Trinajstić information content (AvgIpc) is 3.58. The van der Waals surface area contributed by atoms with E-state index in [1.807, 2.05) is 6.07 Å². The fraction of sp³-hybridized carbons (Fsp3) is 0.346. The molecule has 1 aliphatic carbocycles. The van der Waals surface area contributed by atoms with Gasteiger partial charge in [-0.1, -0.05) is 47.3 Å². The van der Waals surface area contributed by atoms with Gasteiger partial charge in [-0.05, 0) is 49.1 Å². The molecule has 214 valence electrons. The molecule has 41 heavy (non-hydrogen) atoms. The second kappa shape index (κ2) is 12.7. The van der Waals surface area contributed by atoms with E-state index in [2.05, 4.69) is 40.7 Å². The summed E-state index contributed by atoms with van der Waals surface area (Å²) in [7, 11) is 0. The van der Waals surface area contributed by atoms with E-state index in [1.165, 1.54) is 40.9 Å². The number of hydrogen-bond acceptors (Lipinski definition) is 10. The Morgan fingerprint density at radius 1 is 0.878 bits per heavy atom. The fourth-order valence-corrected chi connectivity index (χ4v) is 6.38. The van der Waals surface area contributed by atoms with Crippen LogP contribution in [-0.4, -0.2) is 43.6 Å². The highest BCUT2D eigenvalue weighted by molar-refractivity contribution is 7.15. The van der Waals surface area contributed by atoms with Gasteiger partial charge in [0.05, 0.1) is 12.8 Å². The van der Waals surface area contributed by atoms with Crippen molar-refractivity contribution in [2.24, 2.45) is 0 Å². The van der Waals surface area contributed by atoms with Crippen molar-refractivity contribution in [2.45, 2.75) is 56.7 Å². The van der Waals surface area contributed by atoms with Crippen LogP contribution < -0.4 is 15.4 Å². The first-order valence-corrected chi connectivity index (χ1v) is 14.3. The van der Waals surface area contributed by atoms with Gasteiger partial charge >= 0.3 is 6.36 Å². The van der Waals surface area contributed by atoms with Crippen LogP contribution in [-0.2, 0) is 22.4 Å². The van der Waals surface area contributed by atoms with E-state index in [9.17, 15) is 22.8 Å². The Balaban J connectivity index is 1.14. The lowest BCUT2D eigenvalue weighted by molar-refractivity contribution is -0.274. The number of carbonyl (C=O) groups is 2. The quantitative estimate of drug-likeness (QED) is 0.257. The van der Waals surface area contributed by atoms with Crippen LogP contribution in [0.25, 0.3) is 0 Å². The van der Waals surface area contributed by atoms with Crippen LogP contribution in [0.15, 0.2) is 48.7 Å². The van der Waals surface area contributed by atoms with Gasteiger partial charge in [-0.15, -0.1) is 33.6 Å². The molecule has 5 rings (SSSR count). The third kappa shape index (κ3) is 8.27. The summed E-state index contributed by atoms with van der Waals surface area (Å²) in [5.74, 6) is -0.745. The number of nitrogens with one attached hydrogen (secondary N) is 2. The van der Waals surface area contributed by atoms with E-state index >= 15 is 0 Å². The van der Waals surface area contributed by atoms with Gasteiger partial charge in [-0.3, -0.25) is 14.6 Å². The van der Waals surface area contributed by atoms with Crippen molar-refractivity contribution in [2.75, 3.05) is 10.6 Å². The van der Waals surface area contributed by atoms with Gasteiger partial charge in [0, 0.05) is 23.7 Å². The molecule has 3 heterocycles. The second-order valence-corrected chi connectivity index (χ2v) is 11.4. The van der Waals surface area contributed by atoms with E-state index in [0.717, 1.165) is 35.7 Å². The molecule has 0 spiro atoms. The Morgan fingerprint density at radius 3 is 2.15 bits per heavy atom. The second-order valence-electron chi connectivity index (χ2n) is 9.42. The van der Waals surface area contributed by atoms with Gasteiger partial charge in [0.25, 0.3) is 0 Å². The molecule has 1 aromatic carbocycles. The number of nitrogens with zero attached hydrogens (tertiary/aromatic N) is 5. The number of anilines is 2. The molecule has 2 unspecified atom stereocenters. The molecule has 1 fully saturated rings. The summed E-state index contributed by atoms with van der Waals surface area (Å²) >= 11 is 2.64. The highest BCUT2D eigenvalue weighted by atomic mass is 32.1. The summed E-state index contributed by atoms with van der Waals surface area (Å²) in [6.07, 6.45) is 0.420. The van der Waals surface area contributed by atoms with Crippen LogP contribution in [0, 0.1) is 0 Å².